The predicted octanol–water partition coefficient (Wildman–Crippen LogP) is 9.83. The van der Waals surface area contributed by atoms with Crippen LogP contribution in [0.1, 0.15) is 6.42 Å². The zero-order valence-corrected chi connectivity index (χ0v) is 18.5. The molecule has 0 nitrogen and oxygen atoms in total. The van der Waals surface area contributed by atoms with Crippen molar-refractivity contribution in [1.82, 2.24) is 0 Å². The maximum Gasteiger partial charge on any atom is 0.193 e. The van der Waals surface area contributed by atoms with Crippen molar-refractivity contribution in [3.63, 3.8) is 0 Å². The highest BCUT2D eigenvalue weighted by Crippen LogP contribution is 2.33. The summed E-state index contributed by atoms with van der Waals surface area (Å²) in [6.45, 7) is 18.5. The third kappa shape index (κ3) is 221. The first-order valence-electron chi connectivity index (χ1n) is 4.77. The Labute approximate surface area is 179 Å². The van der Waals surface area contributed by atoms with Crippen molar-refractivity contribution in [2.24, 2.45) is 0 Å². The SMILES string of the molecule is C=C.C=CCl.C=CCl.C=CCl.C=CCl.ClC(Cl)CC(Cl)(Cl)Cl. The van der Waals surface area contributed by atoms with E-state index in [0.717, 1.165) is 0 Å². The van der Waals surface area contributed by atoms with Crippen LogP contribution in [0.25, 0.3) is 0 Å². The quantitative estimate of drug-likeness (QED) is 0.251. The largest absolute Gasteiger partial charge is 0.193 e. The van der Waals surface area contributed by atoms with Gasteiger partial charge in [0, 0.05) is 6.42 Å². The van der Waals surface area contributed by atoms with Gasteiger partial charge in [-0.2, -0.15) is 0 Å². The van der Waals surface area contributed by atoms with Crippen molar-refractivity contribution in [3.05, 3.63) is 61.6 Å². The van der Waals surface area contributed by atoms with Crippen LogP contribution in [0.3, 0.4) is 0 Å². The van der Waals surface area contributed by atoms with Gasteiger partial charge in [0.25, 0.3) is 0 Å². The molecule has 0 rings (SSSR count). The van der Waals surface area contributed by atoms with Crippen LogP contribution in [0, 0.1) is 0 Å². The van der Waals surface area contributed by atoms with Crippen LogP contribution in [-0.2, 0) is 0 Å². The molecule has 0 aliphatic heterocycles. The second-order valence-corrected chi connectivity index (χ2v) is 6.86. The van der Waals surface area contributed by atoms with E-state index in [2.05, 4.69) is 39.5 Å². The van der Waals surface area contributed by atoms with Crippen LogP contribution in [-0.4, -0.2) is 8.63 Å². The maximum absolute atomic E-state index is 5.29. The van der Waals surface area contributed by atoms with E-state index in [4.69, 9.17) is 104 Å². The lowest BCUT2D eigenvalue weighted by Crippen LogP contribution is -2.06. The summed E-state index contributed by atoms with van der Waals surface area (Å²) >= 11 is 45.5. The first-order chi connectivity index (χ1) is 10.1. The highest BCUT2D eigenvalue weighted by molar-refractivity contribution is 6.68. The molecule has 0 amide bonds. The molecule has 0 heterocycles. The van der Waals surface area contributed by atoms with Crippen molar-refractivity contribution >= 4 is 104 Å². The fourth-order valence-electron chi connectivity index (χ4n) is 0.175. The minimum absolute atomic E-state index is 0.154. The molecule has 0 N–H and O–H groups in total. The molecule has 0 saturated heterocycles. The van der Waals surface area contributed by atoms with Gasteiger partial charge in [0.1, 0.15) is 4.84 Å². The van der Waals surface area contributed by atoms with E-state index in [-0.39, 0.29) is 6.42 Å². The summed E-state index contributed by atoms with van der Waals surface area (Å²) in [5.74, 6) is 0. The van der Waals surface area contributed by atoms with Gasteiger partial charge in [-0.15, -0.1) is 36.4 Å². The third-order valence-corrected chi connectivity index (χ3v) is 1.16. The van der Waals surface area contributed by atoms with E-state index in [9.17, 15) is 0 Å². The summed E-state index contributed by atoms with van der Waals surface area (Å²) in [5.41, 5.74) is 4.89. The van der Waals surface area contributed by atoms with E-state index in [1.807, 2.05) is 0 Å². The van der Waals surface area contributed by atoms with Gasteiger partial charge >= 0.3 is 0 Å². The first-order valence-corrected chi connectivity index (χ1v) is 8.52. The van der Waals surface area contributed by atoms with Crippen LogP contribution < -0.4 is 0 Å². The van der Waals surface area contributed by atoms with Crippen LogP contribution in [0.4, 0.5) is 0 Å². The molecule has 9 heteroatoms. The molecule has 0 unspecified atom stereocenters. The molecule has 0 bridgehead atoms. The topological polar surface area (TPSA) is 0 Å². The Balaban J connectivity index is -0.0000000388. The van der Waals surface area contributed by atoms with Gasteiger partial charge in [0.2, 0.25) is 0 Å². The van der Waals surface area contributed by atoms with E-state index in [1.165, 1.54) is 22.1 Å². The summed E-state index contributed by atoms with van der Waals surface area (Å²) in [4.78, 5) is -0.609. The highest BCUT2D eigenvalue weighted by atomic mass is 35.6. The van der Waals surface area contributed by atoms with Crippen LogP contribution >= 0.6 is 104 Å². The summed E-state index contributed by atoms with van der Waals surface area (Å²) < 4.78 is -1.33. The zero-order chi connectivity index (χ0) is 19.6. The Morgan fingerprint density at radius 2 is 0.818 bits per heavy atom. The van der Waals surface area contributed by atoms with Gasteiger partial charge in [0.15, 0.2) is 3.79 Å². The fraction of sp³-hybridized carbons (Fsp3) is 0.231. The molecule has 0 saturated carbocycles. The lowest BCUT2D eigenvalue weighted by molar-refractivity contribution is 0.938. The Hall–Kier alpha value is 1.31. The Morgan fingerprint density at radius 1 is 0.682 bits per heavy atom. The van der Waals surface area contributed by atoms with Crippen molar-refractivity contribution < 1.29 is 0 Å². The number of hydrogen-bond donors (Lipinski definition) is 0. The molecule has 0 aromatic rings. The monoisotopic (exact) mass is 490 g/mol. The van der Waals surface area contributed by atoms with Crippen LogP contribution in [0.15, 0.2) is 61.6 Å². The van der Waals surface area contributed by atoms with Gasteiger partial charge in [-0.1, -0.05) is 108 Å². The summed E-state index contributed by atoms with van der Waals surface area (Å²) in [7, 11) is 0. The summed E-state index contributed by atoms with van der Waals surface area (Å²) in [6, 6.07) is 0. The minimum Gasteiger partial charge on any atom is -0.106 e. The lowest BCUT2D eigenvalue weighted by Gasteiger charge is -2.09. The fourth-order valence-corrected chi connectivity index (χ4v) is 1.57. The number of rotatable bonds is 1. The average molecular weight is 494 g/mol. The maximum atomic E-state index is 5.29. The Kier molecular flexibility index (Phi) is 76.1. The zero-order valence-electron chi connectivity index (χ0n) is 11.7. The number of halogens is 9. The first kappa shape index (κ1) is 38.7. The number of hydrogen-bond acceptors (Lipinski definition) is 0. The molecule has 0 spiro atoms. The Bertz CT molecular complexity index is 186. The van der Waals surface area contributed by atoms with E-state index in [0.29, 0.717) is 0 Å². The molecule has 0 aromatic carbocycles. The van der Waals surface area contributed by atoms with Gasteiger partial charge in [-0.25, -0.2) is 0 Å². The van der Waals surface area contributed by atoms with Crippen LogP contribution in [0.2, 0.25) is 0 Å². The van der Waals surface area contributed by atoms with E-state index in [1.54, 1.807) is 0 Å². The number of alkyl halides is 5. The smallest absolute Gasteiger partial charge is 0.106 e. The second-order valence-electron chi connectivity index (χ2n) is 1.83. The van der Waals surface area contributed by atoms with Crippen molar-refractivity contribution in [2.45, 2.75) is 15.0 Å². The Morgan fingerprint density at radius 3 is 0.818 bits per heavy atom. The standard InChI is InChI=1S/C3H3Cl5.4C2H3Cl.C2H4/c4-2(5)1-3(6,7)8;4*1-2-3;1-2/h2H,1H2;4*2H,1H2;1-2H2. The van der Waals surface area contributed by atoms with Crippen molar-refractivity contribution in [3.8, 4) is 0 Å². The molecule has 0 aliphatic carbocycles. The highest BCUT2D eigenvalue weighted by Gasteiger charge is 2.22. The van der Waals surface area contributed by atoms with E-state index >= 15 is 0 Å². The van der Waals surface area contributed by atoms with Crippen molar-refractivity contribution in [2.75, 3.05) is 0 Å². The van der Waals surface area contributed by atoms with Crippen molar-refractivity contribution in [1.29, 1.82) is 0 Å². The van der Waals surface area contributed by atoms with Gasteiger partial charge in [0.05, 0.1) is 0 Å². The van der Waals surface area contributed by atoms with Gasteiger partial charge in [-0.05, 0) is 22.1 Å². The third-order valence-electron chi connectivity index (χ3n) is 0.386. The summed E-state index contributed by atoms with van der Waals surface area (Å²) in [5, 5.41) is 0. The molecule has 0 fully saturated rings. The molecular weight excluding hydrogens is 475 g/mol. The van der Waals surface area contributed by atoms with Gasteiger partial charge in [-0.3, -0.25) is 0 Å². The summed E-state index contributed by atoms with van der Waals surface area (Å²) in [6.07, 6.45) is 0.154. The minimum atomic E-state index is -1.33. The average Bonchev–Trinajstić information content (AvgIpc) is 2.32. The van der Waals surface area contributed by atoms with E-state index < -0.39 is 8.63 Å². The molecule has 134 valence electrons. The second kappa shape index (κ2) is 43.2. The molecule has 22 heavy (non-hydrogen) atoms. The molecule has 0 aromatic heterocycles. The molecular formula is C13H19Cl9. The van der Waals surface area contributed by atoms with Gasteiger partial charge < -0.3 is 0 Å². The molecule has 0 radical (unpaired) electrons. The normalized spacial score (nSPS) is 7.18. The molecule has 0 atom stereocenters. The predicted molar refractivity (Wildman–Crippen MR) is 116 cm³/mol. The molecule has 0 aliphatic rings. The lowest BCUT2D eigenvalue weighted by atomic mass is 10.5. The van der Waals surface area contributed by atoms with Crippen LogP contribution in [0.5, 0.6) is 0 Å².